The maximum absolute atomic E-state index is 12.1. The summed E-state index contributed by atoms with van der Waals surface area (Å²) in [6.45, 7) is 0. The molecule has 0 saturated carbocycles. The van der Waals surface area contributed by atoms with E-state index in [4.69, 9.17) is 10.6 Å². The quantitative estimate of drug-likeness (QED) is 0.437. The van der Waals surface area contributed by atoms with Crippen LogP contribution in [0.15, 0.2) is 85.2 Å². The minimum Gasteiger partial charge on any atom is -0.793 e. The average molecular weight is 342 g/mol. The molecule has 5 nitrogen and oxygen atoms in total. The largest absolute Gasteiger partial charge is 0.793 e. The second kappa shape index (κ2) is 8.29. The standard InChI is InChI=1S/C12H11O2P.C6H9N2O/c13-15(14,11-7-3-1-4-8-11)12-9-5-2-6-10-12;1-9-6-3-2-4-8(7)5-6/h1-10H,(H,13,14);2-5H,7H2,1H3/q;+1/p-1. The van der Waals surface area contributed by atoms with E-state index in [0.29, 0.717) is 10.6 Å². The van der Waals surface area contributed by atoms with Crippen molar-refractivity contribution in [2.45, 2.75) is 0 Å². The number of nitrogens with two attached hydrogens (primary N) is 1. The van der Waals surface area contributed by atoms with E-state index in [-0.39, 0.29) is 0 Å². The van der Waals surface area contributed by atoms with E-state index < -0.39 is 7.37 Å². The molecule has 0 bridgehead atoms. The number of rotatable bonds is 3. The van der Waals surface area contributed by atoms with Gasteiger partial charge in [-0.3, -0.25) is 0 Å². The van der Waals surface area contributed by atoms with Crippen LogP contribution in [-0.4, -0.2) is 7.11 Å². The van der Waals surface area contributed by atoms with E-state index in [0.717, 1.165) is 5.75 Å². The zero-order valence-electron chi connectivity index (χ0n) is 13.3. The first-order chi connectivity index (χ1) is 11.5. The molecule has 0 aliphatic rings. The number of methoxy groups -OCH3 is 1. The number of aromatic nitrogens is 1. The van der Waals surface area contributed by atoms with Gasteiger partial charge in [-0.15, -0.1) is 0 Å². The van der Waals surface area contributed by atoms with Crippen LogP contribution >= 0.6 is 7.37 Å². The highest BCUT2D eigenvalue weighted by Gasteiger charge is 2.12. The number of benzene rings is 2. The van der Waals surface area contributed by atoms with Crippen molar-refractivity contribution in [3.8, 4) is 5.75 Å². The molecule has 0 fully saturated rings. The molecule has 0 aliphatic heterocycles. The molecule has 0 aliphatic carbocycles. The smallest absolute Gasteiger partial charge is 0.240 e. The summed E-state index contributed by atoms with van der Waals surface area (Å²) < 4.78 is 18.4. The number of pyridine rings is 1. The van der Waals surface area contributed by atoms with Gasteiger partial charge in [-0.05, 0) is 6.07 Å². The Balaban J connectivity index is 0.000000198. The van der Waals surface area contributed by atoms with E-state index in [1.807, 2.05) is 12.1 Å². The summed E-state index contributed by atoms with van der Waals surface area (Å²) in [5.74, 6) is 6.13. The lowest BCUT2D eigenvalue weighted by Crippen LogP contribution is -2.43. The minimum atomic E-state index is -3.65. The number of nitrogen functional groups attached to an aromatic ring is 1. The fourth-order valence-electron chi connectivity index (χ4n) is 1.99. The van der Waals surface area contributed by atoms with E-state index in [9.17, 15) is 9.46 Å². The highest BCUT2D eigenvalue weighted by atomic mass is 31.2. The molecule has 0 spiro atoms. The van der Waals surface area contributed by atoms with E-state index in [2.05, 4.69) is 0 Å². The van der Waals surface area contributed by atoms with E-state index in [1.165, 1.54) is 4.68 Å². The van der Waals surface area contributed by atoms with Gasteiger partial charge in [0.15, 0.2) is 11.9 Å². The number of ether oxygens (including phenoxy) is 1. The highest BCUT2D eigenvalue weighted by Crippen LogP contribution is 2.32. The average Bonchev–Trinajstić information content (AvgIpc) is 2.64. The second-order valence-electron chi connectivity index (χ2n) is 4.91. The molecule has 0 unspecified atom stereocenters. The highest BCUT2D eigenvalue weighted by molar-refractivity contribution is 7.72. The minimum absolute atomic E-state index is 0.358. The van der Waals surface area contributed by atoms with Gasteiger partial charge in [-0.2, -0.15) is 0 Å². The summed E-state index contributed by atoms with van der Waals surface area (Å²) in [7, 11) is -2.04. The third kappa shape index (κ3) is 4.69. The first-order valence-corrected chi connectivity index (χ1v) is 8.89. The molecule has 1 heterocycles. The van der Waals surface area contributed by atoms with Crippen molar-refractivity contribution in [1.82, 2.24) is 0 Å². The molecule has 0 amide bonds. The predicted octanol–water partition coefficient (Wildman–Crippen LogP) is 0.972. The van der Waals surface area contributed by atoms with Gasteiger partial charge in [0.1, 0.15) is 0 Å². The van der Waals surface area contributed by atoms with Crippen LogP contribution in [0.4, 0.5) is 0 Å². The van der Waals surface area contributed by atoms with Crippen molar-refractivity contribution in [2.75, 3.05) is 13.0 Å². The molecule has 3 rings (SSSR count). The lowest BCUT2D eigenvalue weighted by molar-refractivity contribution is -0.639. The molecule has 0 saturated heterocycles. The van der Waals surface area contributed by atoms with Gasteiger partial charge >= 0.3 is 0 Å². The van der Waals surface area contributed by atoms with Gasteiger partial charge in [-0.1, -0.05) is 65.3 Å². The van der Waals surface area contributed by atoms with Crippen LogP contribution < -0.4 is 30.8 Å². The predicted molar refractivity (Wildman–Crippen MR) is 93.1 cm³/mol. The SMILES string of the molecule is COc1ccc[n+](N)c1.O=P([O-])(c1ccccc1)c1ccccc1. The Bertz CT molecular complexity index is 767. The van der Waals surface area contributed by atoms with Gasteiger partial charge in [0.25, 0.3) is 0 Å². The Morgan fingerprint density at radius 3 is 1.79 bits per heavy atom. The molecular weight excluding hydrogens is 323 g/mol. The van der Waals surface area contributed by atoms with Crippen LogP contribution in [0.5, 0.6) is 5.75 Å². The summed E-state index contributed by atoms with van der Waals surface area (Å²) in [4.78, 5) is 12.1. The summed E-state index contributed by atoms with van der Waals surface area (Å²) in [6.07, 6.45) is 3.43. The Kier molecular flexibility index (Phi) is 6.13. The molecule has 124 valence electrons. The lowest BCUT2D eigenvalue weighted by Gasteiger charge is -2.23. The molecular formula is C18H19N2O3P. The van der Waals surface area contributed by atoms with Crippen molar-refractivity contribution >= 4 is 18.0 Å². The Morgan fingerprint density at radius 2 is 1.42 bits per heavy atom. The number of hydrogen-bond donors (Lipinski definition) is 1. The normalized spacial score (nSPS) is 10.4. The van der Waals surface area contributed by atoms with Crippen LogP contribution in [0, 0.1) is 0 Å². The third-order valence-electron chi connectivity index (χ3n) is 3.22. The molecule has 24 heavy (non-hydrogen) atoms. The van der Waals surface area contributed by atoms with Gasteiger partial charge in [0.05, 0.1) is 14.5 Å². The van der Waals surface area contributed by atoms with Crippen molar-refractivity contribution in [1.29, 1.82) is 0 Å². The van der Waals surface area contributed by atoms with Crippen LogP contribution in [0.3, 0.4) is 0 Å². The van der Waals surface area contributed by atoms with Crippen molar-refractivity contribution < 1.29 is 18.9 Å². The zero-order valence-corrected chi connectivity index (χ0v) is 14.2. The summed E-state index contributed by atoms with van der Waals surface area (Å²) in [5, 5.41) is 0.715. The Hall–Kier alpha value is -2.62. The first-order valence-electron chi connectivity index (χ1n) is 7.26. The van der Waals surface area contributed by atoms with Gasteiger partial charge in [-0.25, -0.2) is 5.84 Å². The van der Waals surface area contributed by atoms with Gasteiger partial charge < -0.3 is 14.2 Å². The van der Waals surface area contributed by atoms with E-state index >= 15 is 0 Å². The Labute approximate surface area is 141 Å². The molecule has 2 aromatic carbocycles. The molecule has 0 radical (unpaired) electrons. The fraction of sp³-hybridized carbons (Fsp3) is 0.0556. The van der Waals surface area contributed by atoms with Crippen LogP contribution in [0.1, 0.15) is 0 Å². The second-order valence-corrected chi connectivity index (χ2v) is 7.05. The number of nitrogens with zero attached hydrogens (tertiary/aromatic N) is 1. The summed E-state index contributed by atoms with van der Waals surface area (Å²) in [5.41, 5.74) is 0. The maximum Gasteiger partial charge on any atom is 0.240 e. The molecule has 2 N–H and O–H groups in total. The Morgan fingerprint density at radius 1 is 0.917 bits per heavy atom. The monoisotopic (exact) mass is 342 g/mol. The summed E-state index contributed by atoms with van der Waals surface area (Å²) >= 11 is 0. The van der Waals surface area contributed by atoms with E-state index in [1.54, 1.807) is 80.2 Å². The van der Waals surface area contributed by atoms with Crippen molar-refractivity contribution in [3.05, 3.63) is 85.2 Å². The maximum atomic E-state index is 12.1. The first kappa shape index (κ1) is 17.7. The fourth-order valence-corrected chi connectivity index (χ4v) is 3.42. The van der Waals surface area contributed by atoms with Crippen molar-refractivity contribution in [2.24, 2.45) is 0 Å². The number of hydrogen-bond acceptors (Lipinski definition) is 4. The molecule has 1 aromatic heterocycles. The topological polar surface area (TPSA) is 79.3 Å². The molecule has 3 aromatic rings. The van der Waals surface area contributed by atoms with Crippen LogP contribution in [-0.2, 0) is 4.57 Å². The lowest BCUT2D eigenvalue weighted by atomic mass is 10.4. The summed E-state index contributed by atoms with van der Waals surface area (Å²) in [6, 6.07) is 20.6. The third-order valence-corrected chi connectivity index (χ3v) is 5.18. The zero-order chi connectivity index (χ0) is 17.4. The van der Waals surface area contributed by atoms with Crippen LogP contribution in [0.2, 0.25) is 0 Å². The molecule has 6 heteroatoms. The van der Waals surface area contributed by atoms with Crippen molar-refractivity contribution in [3.63, 3.8) is 0 Å². The van der Waals surface area contributed by atoms with Crippen LogP contribution in [0.25, 0.3) is 0 Å². The molecule has 0 atom stereocenters. The van der Waals surface area contributed by atoms with Gasteiger partial charge in [0.2, 0.25) is 6.20 Å². The van der Waals surface area contributed by atoms with Gasteiger partial charge in [0, 0.05) is 16.7 Å².